The number of carbonyl (C=O) groups excluding carboxylic acids is 1. The number of ether oxygens (including phenoxy) is 1. The van der Waals surface area contributed by atoms with Gasteiger partial charge in [-0.2, -0.15) is 0 Å². The molecule has 2 aromatic rings. The summed E-state index contributed by atoms with van der Waals surface area (Å²) in [5, 5.41) is 3.04. The molecular formula is C20H21NO2. The first-order valence-electron chi connectivity index (χ1n) is 8.23. The van der Waals surface area contributed by atoms with Crippen LogP contribution in [-0.4, -0.2) is 26.2 Å². The zero-order chi connectivity index (χ0) is 15.8. The fourth-order valence-electron chi connectivity index (χ4n) is 4.39. The van der Waals surface area contributed by atoms with Gasteiger partial charge in [0.25, 0.3) is 0 Å². The maximum absolute atomic E-state index is 11.7. The van der Waals surface area contributed by atoms with E-state index in [4.69, 9.17) is 4.74 Å². The van der Waals surface area contributed by atoms with Gasteiger partial charge in [0.05, 0.1) is 0 Å². The van der Waals surface area contributed by atoms with E-state index in [1.165, 1.54) is 22.3 Å². The van der Waals surface area contributed by atoms with Gasteiger partial charge in [0, 0.05) is 25.5 Å². The minimum Gasteiger partial charge on any atom is -0.375 e. The summed E-state index contributed by atoms with van der Waals surface area (Å²) in [7, 11) is 1.55. The third-order valence-corrected chi connectivity index (χ3v) is 5.26. The molecule has 2 aromatic carbocycles. The van der Waals surface area contributed by atoms with Crippen molar-refractivity contribution in [3.8, 4) is 0 Å². The van der Waals surface area contributed by atoms with Crippen molar-refractivity contribution in [1.29, 1.82) is 0 Å². The van der Waals surface area contributed by atoms with Crippen LogP contribution in [0.15, 0.2) is 48.5 Å². The third kappa shape index (κ3) is 2.36. The van der Waals surface area contributed by atoms with Crippen LogP contribution in [-0.2, 0) is 9.53 Å². The van der Waals surface area contributed by atoms with Gasteiger partial charge in [0.1, 0.15) is 6.61 Å². The molecule has 1 N–H and O–H groups in total. The fraction of sp³-hybridized carbons (Fsp3) is 0.350. The second-order valence-electron chi connectivity index (χ2n) is 6.52. The quantitative estimate of drug-likeness (QED) is 0.943. The Labute approximate surface area is 136 Å². The number of amides is 1. The number of rotatable bonds is 4. The molecule has 3 aliphatic rings. The topological polar surface area (TPSA) is 38.3 Å². The first-order valence-corrected chi connectivity index (χ1v) is 8.23. The van der Waals surface area contributed by atoms with Gasteiger partial charge in [0.2, 0.25) is 5.91 Å². The average molecular weight is 307 g/mol. The molecule has 3 aliphatic carbocycles. The number of fused-ring (bicyclic) bond motifs is 1. The van der Waals surface area contributed by atoms with Crippen LogP contribution in [0.3, 0.4) is 0 Å². The normalized spacial score (nSPS) is 24.0. The molecular weight excluding hydrogens is 286 g/mol. The monoisotopic (exact) mass is 307 g/mol. The summed E-state index contributed by atoms with van der Waals surface area (Å²) in [6, 6.07) is 17.6. The van der Waals surface area contributed by atoms with Crippen molar-refractivity contribution in [2.75, 3.05) is 20.3 Å². The van der Waals surface area contributed by atoms with Crippen LogP contribution in [0.2, 0.25) is 0 Å². The standard InChI is InChI=1S/C20H21NO2/c1-23-12-19(22)21-11-13-10-18-14-6-2-4-8-16(14)20(13)17-9-5-3-7-15(17)18/h2-9,13,18,20H,10-12H2,1H3,(H,21,22)/t13-,18?,20?/m0/s1. The number of hydrogen-bond donors (Lipinski definition) is 1. The highest BCUT2D eigenvalue weighted by molar-refractivity contribution is 5.77. The Bertz CT molecular complexity index is 692. The molecule has 3 heteroatoms. The Kier molecular flexibility index (Phi) is 3.66. The van der Waals surface area contributed by atoms with Crippen LogP contribution < -0.4 is 5.32 Å². The summed E-state index contributed by atoms with van der Waals surface area (Å²) < 4.78 is 4.91. The van der Waals surface area contributed by atoms with Crippen LogP contribution in [0, 0.1) is 5.92 Å². The van der Waals surface area contributed by atoms with Gasteiger partial charge in [-0.05, 0) is 34.6 Å². The summed E-state index contributed by atoms with van der Waals surface area (Å²) in [4.78, 5) is 11.7. The molecule has 1 amide bonds. The molecule has 0 heterocycles. The molecule has 0 saturated heterocycles. The first-order chi connectivity index (χ1) is 11.3. The average Bonchev–Trinajstić information content (AvgIpc) is 2.60. The second kappa shape index (κ2) is 5.82. The molecule has 118 valence electrons. The number of benzene rings is 2. The summed E-state index contributed by atoms with van der Waals surface area (Å²) in [5.74, 6) is 1.26. The van der Waals surface area contributed by atoms with Crippen LogP contribution in [0.5, 0.6) is 0 Å². The predicted octanol–water partition coefficient (Wildman–Crippen LogP) is 3.05. The van der Waals surface area contributed by atoms with Crippen molar-refractivity contribution in [1.82, 2.24) is 5.32 Å². The van der Waals surface area contributed by atoms with E-state index in [0.717, 1.165) is 6.42 Å². The number of carbonyl (C=O) groups is 1. The number of methoxy groups -OCH3 is 1. The Balaban J connectivity index is 1.67. The lowest BCUT2D eigenvalue weighted by Crippen LogP contribution is -2.40. The van der Waals surface area contributed by atoms with E-state index in [2.05, 4.69) is 53.8 Å². The van der Waals surface area contributed by atoms with Gasteiger partial charge in [-0.1, -0.05) is 48.5 Å². The van der Waals surface area contributed by atoms with Gasteiger partial charge in [-0.25, -0.2) is 0 Å². The molecule has 0 aromatic heterocycles. The maximum Gasteiger partial charge on any atom is 0.245 e. The zero-order valence-corrected chi connectivity index (χ0v) is 13.3. The lowest BCUT2D eigenvalue weighted by atomic mass is 9.59. The zero-order valence-electron chi connectivity index (χ0n) is 13.3. The summed E-state index contributed by atoms with van der Waals surface area (Å²) in [6.07, 6.45) is 1.10. The molecule has 0 fully saturated rings. The smallest absolute Gasteiger partial charge is 0.245 e. The van der Waals surface area contributed by atoms with Crippen molar-refractivity contribution in [2.45, 2.75) is 18.3 Å². The van der Waals surface area contributed by atoms with E-state index in [0.29, 0.717) is 24.3 Å². The lowest BCUT2D eigenvalue weighted by molar-refractivity contribution is -0.124. The van der Waals surface area contributed by atoms with Crippen molar-refractivity contribution >= 4 is 5.91 Å². The van der Waals surface area contributed by atoms with E-state index in [1.807, 2.05) is 0 Å². The molecule has 0 spiro atoms. The van der Waals surface area contributed by atoms with Gasteiger partial charge in [-0.3, -0.25) is 4.79 Å². The van der Waals surface area contributed by atoms with Gasteiger partial charge < -0.3 is 10.1 Å². The first kappa shape index (κ1) is 14.5. The van der Waals surface area contributed by atoms with E-state index in [1.54, 1.807) is 7.11 Å². The molecule has 0 radical (unpaired) electrons. The molecule has 2 bridgehead atoms. The minimum atomic E-state index is -0.0319. The van der Waals surface area contributed by atoms with Crippen LogP contribution >= 0.6 is 0 Å². The van der Waals surface area contributed by atoms with E-state index in [-0.39, 0.29) is 12.5 Å². The summed E-state index contributed by atoms with van der Waals surface area (Å²) >= 11 is 0. The van der Waals surface area contributed by atoms with E-state index < -0.39 is 0 Å². The molecule has 0 aliphatic heterocycles. The van der Waals surface area contributed by atoms with Crippen molar-refractivity contribution in [2.24, 2.45) is 5.92 Å². The lowest BCUT2D eigenvalue weighted by Gasteiger charge is -2.45. The SMILES string of the molecule is COCC(=O)NC[C@@H]1CC2c3ccccc3C1c1ccccc12. The maximum atomic E-state index is 11.7. The Hall–Kier alpha value is -2.13. The number of hydrogen-bond acceptors (Lipinski definition) is 2. The van der Waals surface area contributed by atoms with Gasteiger partial charge in [-0.15, -0.1) is 0 Å². The molecule has 23 heavy (non-hydrogen) atoms. The summed E-state index contributed by atoms with van der Waals surface area (Å²) in [5.41, 5.74) is 5.81. The van der Waals surface area contributed by atoms with Crippen LogP contribution in [0.25, 0.3) is 0 Å². The van der Waals surface area contributed by atoms with Crippen molar-refractivity contribution < 1.29 is 9.53 Å². The van der Waals surface area contributed by atoms with E-state index in [9.17, 15) is 4.79 Å². The number of nitrogens with one attached hydrogen (secondary N) is 1. The Morgan fingerprint density at radius 1 is 1.04 bits per heavy atom. The summed E-state index contributed by atoms with van der Waals surface area (Å²) in [6.45, 7) is 0.847. The molecule has 1 atom stereocenters. The van der Waals surface area contributed by atoms with E-state index >= 15 is 0 Å². The largest absolute Gasteiger partial charge is 0.375 e. The molecule has 0 unspecified atom stereocenters. The third-order valence-electron chi connectivity index (χ3n) is 5.26. The highest BCUT2D eigenvalue weighted by Crippen LogP contribution is 2.54. The Morgan fingerprint density at radius 3 is 2.17 bits per heavy atom. The highest BCUT2D eigenvalue weighted by atomic mass is 16.5. The van der Waals surface area contributed by atoms with Crippen molar-refractivity contribution in [3.05, 3.63) is 70.8 Å². The van der Waals surface area contributed by atoms with Gasteiger partial charge >= 0.3 is 0 Å². The highest BCUT2D eigenvalue weighted by Gasteiger charge is 2.42. The van der Waals surface area contributed by atoms with Crippen molar-refractivity contribution in [3.63, 3.8) is 0 Å². The molecule has 0 saturated carbocycles. The predicted molar refractivity (Wildman–Crippen MR) is 89.6 cm³/mol. The molecule has 3 nitrogen and oxygen atoms in total. The van der Waals surface area contributed by atoms with Crippen LogP contribution in [0.4, 0.5) is 0 Å². The fourth-order valence-corrected chi connectivity index (χ4v) is 4.39. The van der Waals surface area contributed by atoms with Crippen LogP contribution in [0.1, 0.15) is 40.5 Å². The molecule has 5 rings (SSSR count). The second-order valence-corrected chi connectivity index (χ2v) is 6.52. The minimum absolute atomic E-state index is 0.0319. The van der Waals surface area contributed by atoms with Gasteiger partial charge in [0.15, 0.2) is 0 Å². The Morgan fingerprint density at radius 2 is 1.61 bits per heavy atom.